The number of benzene rings is 3. The molecule has 6 nitrogen and oxygen atoms in total. The monoisotopic (exact) mass is 545 g/mol. The van der Waals surface area contributed by atoms with Crippen molar-refractivity contribution in [2.45, 2.75) is 66.6 Å². The number of ether oxygens (including phenoxy) is 2. The number of ketones is 1. The summed E-state index contributed by atoms with van der Waals surface area (Å²) in [5.41, 5.74) is 9.35. The molecule has 208 valence electrons. The summed E-state index contributed by atoms with van der Waals surface area (Å²) in [6.45, 7) is 14.3. The molecule has 0 N–H and O–H groups in total. The highest BCUT2D eigenvalue weighted by molar-refractivity contribution is 6.09. The van der Waals surface area contributed by atoms with Crippen molar-refractivity contribution >= 4 is 27.5 Å². The standard InChI is InChI=1S/C35H35N3O3/c1-19-16-25-17-24(30-20(2)37-18-38-21(30)3)8-9-26(25)32(29(19)34(22(4)39)41-35(5,6)7)27-10-11-28-31-23(13-15-40-28)12-14-36-33(27)31/h8-12,14,16-18,34H,13,15H2,1-7H3/t34-/m1/s1. The summed E-state index contributed by atoms with van der Waals surface area (Å²) in [6, 6.07) is 14.8. The number of carbonyl (C=O) groups is 1. The summed E-state index contributed by atoms with van der Waals surface area (Å²) >= 11 is 0. The second-order valence-corrected chi connectivity index (χ2v) is 12.0. The molecule has 0 aliphatic carbocycles. The fourth-order valence-electron chi connectivity index (χ4n) is 6.16. The minimum absolute atomic E-state index is 0.0352. The second-order valence-electron chi connectivity index (χ2n) is 12.0. The Hall–Kier alpha value is -4.16. The predicted molar refractivity (Wildman–Crippen MR) is 163 cm³/mol. The van der Waals surface area contributed by atoms with Gasteiger partial charge in [0, 0.05) is 40.5 Å². The molecule has 0 amide bonds. The first kappa shape index (κ1) is 27.0. The van der Waals surface area contributed by atoms with E-state index in [0.29, 0.717) is 6.61 Å². The Bertz CT molecular complexity index is 1820. The number of hydrogen-bond donors (Lipinski definition) is 0. The van der Waals surface area contributed by atoms with E-state index in [2.05, 4.69) is 53.3 Å². The lowest BCUT2D eigenvalue weighted by molar-refractivity contribution is -0.138. The van der Waals surface area contributed by atoms with Crippen molar-refractivity contribution in [2.75, 3.05) is 6.61 Å². The number of nitrogens with zero attached hydrogens (tertiary/aromatic N) is 3. The molecule has 5 aromatic rings. The van der Waals surface area contributed by atoms with Crippen molar-refractivity contribution < 1.29 is 14.3 Å². The molecule has 3 heterocycles. The number of aryl methyl sites for hydroxylation is 3. The van der Waals surface area contributed by atoms with E-state index >= 15 is 0 Å². The van der Waals surface area contributed by atoms with Crippen LogP contribution in [0.25, 0.3) is 43.9 Å². The number of fused-ring (bicyclic) bond motifs is 1. The van der Waals surface area contributed by atoms with Gasteiger partial charge in [0.15, 0.2) is 5.78 Å². The van der Waals surface area contributed by atoms with E-state index in [4.69, 9.17) is 14.5 Å². The Morgan fingerprint density at radius 1 is 0.951 bits per heavy atom. The molecule has 6 rings (SSSR count). The summed E-state index contributed by atoms with van der Waals surface area (Å²) in [6.07, 6.45) is 3.58. The quantitative estimate of drug-likeness (QED) is 0.224. The molecule has 0 saturated carbocycles. The molecule has 1 aliphatic rings. The first-order valence-corrected chi connectivity index (χ1v) is 14.1. The summed E-state index contributed by atoms with van der Waals surface area (Å²) in [4.78, 5) is 27.0. The lowest BCUT2D eigenvalue weighted by Crippen LogP contribution is -2.27. The SMILES string of the molecule is CC(=O)[C@@H](OC(C)(C)C)c1c(C)cc2cc(-c3c(C)ncnc3C)ccc2c1-c1ccc2c3c(ccnc13)CCO2. The van der Waals surface area contributed by atoms with Gasteiger partial charge in [0.1, 0.15) is 18.2 Å². The maximum absolute atomic E-state index is 13.3. The van der Waals surface area contributed by atoms with E-state index in [1.54, 1.807) is 13.3 Å². The largest absolute Gasteiger partial charge is 0.493 e. The average Bonchev–Trinajstić information content (AvgIpc) is 2.91. The van der Waals surface area contributed by atoms with E-state index < -0.39 is 11.7 Å². The van der Waals surface area contributed by atoms with Gasteiger partial charge in [-0.1, -0.05) is 18.2 Å². The Morgan fingerprint density at radius 3 is 2.41 bits per heavy atom. The van der Waals surface area contributed by atoms with Gasteiger partial charge in [-0.05, 0) is 111 Å². The van der Waals surface area contributed by atoms with E-state index in [-0.39, 0.29) is 5.78 Å². The minimum atomic E-state index is -0.733. The van der Waals surface area contributed by atoms with Crippen molar-refractivity contribution in [1.82, 2.24) is 15.0 Å². The molecule has 1 aliphatic heterocycles. The number of rotatable bonds is 5. The Labute approximate surface area is 240 Å². The zero-order valence-electron chi connectivity index (χ0n) is 24.8. The van der Waals surface area contributed by atoms with Gasteiger partial charge >= 0.3 is 0 Å². The second kappa shape index (κ2) is 10.0. The zero-order valence-corrected chi connectivity index (χ0v) is 24.8. The molecular formula is C35H35N3O3. The lowest BCUT2D eigenvalue weighted by atomic mass is 9.84. The smallest absolute Gasteiger partial charge is 0.163 e. The summed E-state index contributed by atoms with van der Waals surface area (Å²) in [7, 11) is 0. The topological polar surface area (TPSA) is 74.2 Å². The minimum Gasteiger partial charge on any atom is -0.493 e. The van der Waals surface area contributed by atoms with Gasteiger partial charge in [0.2, 0.25) is 0 Å². The highest BCUT2D eigenvalue weighted by Crippen LogP contribution is 2.46. The fraction of sp³-hybridized carbons (Fsp3) is 0.314. The van der Waals surface area contributed by atoms with Crippen LogP contribution < -0.4 is 4.74 Å². The number of hydrogen-bond acceptors (Lipinski definition) is 6. The fourth-order valence-corrected chi connectivity index (χ4v) is 6.16. The molecular weight excluding hydrogens is 510 g/mol. The molecule has 3 aromatic carbocycles. The molecule has 41 heavy (non-hydrogen) atoms. The van der Waals surface area contributed by atoms with Crippen molar-refractivity contribution in [1.29, 1.82) is 0 Å². The van der Waals surface area contributed by atoms with Gasteiger partial charge in [-0.25, -0.2) is 9.97 Å². The number of aromatic nitrogens is 3. The van der Waals surface area contributed by atoms with Crippen LogP contribution >= 0.6 is 0 Å². The van der Waals surface area contributed by atoms with E-state index in [9.17, 15) is 4.79 Å². The van der Waals surface area contributed by atoms with Crippen molar-refractivity contribution in [3.63, 3.8) is 0 Å². The maximum Gasteiger partial charge on any atom is 0.163 e. The number of pyridine rings is 1. The molecule has 0 unspecified atom stereocenters. The Balaban J connectivity index is 1.71. The van der Waals surface area contributed by atoms with Crippen molar-refractivity contribution in [3.05, 3.63) is 83.1 Å². The summed E-state index contributed by atoms with van der Waals surface area (Å²) in [5, 5.41) is 3.14. The van der Waals surface area contributed by atoms with Gasteiger partial charge in [-0.2, -0.15) is 0 Å². The average molecular weight is 546 g/mol. The third kappa shape index (κ3) is 4.76. The van der Waals surface area contributed by atoms with Crippen LogP contribution in [0.2, 0.25) is 0 Å². The molecule has 1 atom stereocenters. The molecule has 0 bridgehead atoms. The van der Waals surface area contributed by atoms with Gasteiger partial charge in [0.05, 0.1) is 17.7 Å². The van der Waals surface area contributed by atoms with E-state index in [0.717, 1.165) is 78.6 Å². The van der Waals surface area contributed by atoms with Crippen LogP contribution in [0.3, 0.4) is 0 Å². The number of Topliss-reactive ketones (excluding diaryl/α,β-unsaturated/α-hetero) is 1. The Morgan fingerprint density at radius 2 is 1.71 bits per heavy atom. The van der Waals surface area contributed by atoms with E-state index in [1.165, 1.54) is 5.56 Å². The zero-order chi connectivity index (χ0) is 29.1. The van der Waals surface area contributed by atoms with Gasteiger partial charge in [-0.3, -0.25) is 9.78 Å². The van der Waals surface area contributed by atoms with Crippen LogP contribution in [-0.2, 0) is 16.0 Å². The van der Waals surface area contributed by atoms with Crippen molar-refractivity contribution in [3.8, 4) is 28.0 Å². The third-order valence-electron chi connectivity index (χ3n) is 7.84. The van der Waals surface area contributed by atoms with Gasteiger partial charge in [0.25, 0.3) is 0 Å². The van der Waals surface area contributed by atoms with Gasteiger partial charge in [-0.15, -0.1) is 0 Å². The first-order chi connectivity index (χ1) is 19.5. The summed E-state index contributed by atoms with van der Waals surface area (Å²) in [5.74, 6) is 0.815. The molecule has 0 saturated heterocycles. The van der Waals surface area contributed by atoms with Crippen LogP contribution in [-0.4, -0.2) is 32.9 Å². The lowest BCUT2D eigenvalue weighted by Gasteiger charge is -2.30. The molecule has 6 heteroatoms. The summed E-state index contributed by atoms with van der Waals surface area (Å²) < 4.78 is 12.5. The normalized spacial score (nSPS) is 13.8. The number of carbonyl (C=O) groups excluding carboxylic acids is 1. The highest BCUT2D eigenvalue weighted by atomic mass is 16.5. The predicted octanol–water partition coefficient (Wildman–Crippen LogP) is 7.82. The third-order valence-corrected chi connectivity index (χ3v) is 7.84. The molecule has 2 aromatic heterocycles. The van der Waals surface area contributed by atoms with Gasteiger partial charge < -0.3 is 9.47 Å². The molecule has 0 spiro atoms. The van der Waals surface area contributed by atoms with Crippen LogP contribution in [0.5, 0.6) is 5.75 Å². The van der Waals surface area contributed by atoms with E-state index in [1.807, 2.05) is 46.9 Å². The van der Waals surface area contributed by atoms with Crippen molar-refractivity contribution in [2.24, 2.45) is 0 Å². The highest BCUT2D eigenvalue weighted by Gasteiger charge is 2.31. The molecule has 0 radical (unpaired) electrons. The van der Waals surface area contributed by atoms with Crippen LogP contribution in [0.1, 0.15) is 61.9 Å². The van der Waals surface area contributed by atoms with Crippen LogP contribution in [0.4, 0.5) is 0 Å². The molecule has 0 fully saturated rings. The Kier molecular flexibility index (Phi) is 6.62. The maximum atomic E-state index is 13.3. The van der Waals surface area contributed by atoms with Crippen LogP contribution in [0.15, 0.2) is 55.0 Å². The first-order valence-electron chi connectivity index (χ1n) is 14.1. The van der Waals surface area contributed by atoms with Crippen LogP contribution in [0, 0.1) is 20.8 Å².